The SMILES string of the molecule is C#CC(=O)Nc1cc(Cl)ccc1Br. The molecule has 1 N–H and O–H groups in total. The third-order valence-corrected chi connectivity index (χ3v) is 2.23. The zero-order chi connectivity index (χ0) is 9.84. The van der Waals surface area contributed by atoms with Crippen molar-refractivity contribution in [2.45, 2.75) is 0 Å². The lowest BCUT2D eigenvalue weighted by Gasteiger charge is -2.03. The summed E-state index contributed by atoms with van der Waals surface area (Å²) in [6.45, 7) is 0. The van der Waals surface area contributed by atoms with E-state index in [1.165, 1.54) is 0 Å². The molecule has 0 fully saturated rings. The lowest BCUT2D eigenvalue weighted by Crippen LogP contribution is -2.08. The first-order valence-electron chi connectivity index (χ1n) is 3.36. The number of halogens is 2. The van der Waals surface area contributed by atoms with Gasteiger partial charge in [-0.15, -0.1) is 6.42 Å². The number of hydrogen-bond acceptors (Lipinski definition) is 1. The van der Waals surface area contributed by atoms with E-state index in [9.17, 15) is 4.79 Å². The molecule has 1 aromatic rings. The molecule has 1 aromatic carbocycles. The van der Waals surface area contributed by atoms with Crippen LogP contribution in [0.5, 0.6) is 0 Å². The largest absolute Gasteiger partial charge is 0.314 e. The van der Waals surface area contributed by atoms with Gasteiger partial charge in [-0.3, -0.25) is 4.79 Å². The summed E-state index contributed by atoms with van der Waals surface area (Å²) in [6.07, 6.45) is 4.90. The Kier molecular flexibility index (Phi) is 3.35. The summed E-state index contributed by atoms with van der Waals surface area (Å²) >= 11 is 8.97. The fourth-order valence-corrected chi connectivity index (χ4v) is 1.27. The molecule has 0 bridgehead atoms. The minimum absolute atomic E-state index is 0.497. The monoisotopic (exact) mass is 257 g/mol. The average Bonchev–Trinajstić information content (AvgIpc) is 2.11. The highest BCUT2D eigenvalue weighted by Gasteiger charge is 2.02. The van der Waals surface area contributed by atoms with Crippen molar-refractivity contribution in [1.29, 1.82) is 0 Å². The summed E-state index contributed by atoms with van der Waals surface area (Å²) in [7, 11) is 0. The maximum absolute atomic E-state index is 10.8. The van der Waals surface area contributed by atoms with Crippen LogP contribution in [-0.4, -0.2) is 5.91 Å². The van der Waals surface area contributed by atoms with E-state index in [-0.39, 0.29) is 0 Å². The summed E-state index contributed by atoms with van der Waals surface area (Å²) in [4.78, 5) is 10.8. The minimum Gasteiger partial charge on any atom is -0.314 e. The summed E-state index contributed by atoms with van der Waals surface area (Å²) < 4.78 is 0.737. The van der Waals surface area contributed by atoms with Gasteiger partial charge in [0.05, 0.1) is 5.69 Å². The number of nitrogens with one attached hydrogen (secondary N) is 1. The highest BCUT2D eigenvalue weighted by molar-refractivity contribution is 9.10. The van der Waals surface area contributed by atoms with E-state index < -0.39 is 5.91 Å². The van der Waals surface area contributed by atoms with Crippen LogP contribution in [-0.2, 0) is 4.79 Å². The Hall–Kier alpha value is -0.980. The van der Waals surface area contributed by atoms with Gasteiger partial charge in [-0.25, -0.2) is 0 Å². The second-order valence-electron chi connectivity index (χ2n) is 2.22. The van der Waals surface area contributed by atoms with Crippen LogP contribution in [0, 0.1) is 12.3 Å². The Bertz CT molecular complexity index is 384. The zero-order valence-corrected chi connectivity index (χ0v) is 8.82. The fourth-order valence-electron chi connectivity index (χ4n) is 0.752. The van der Waals surface area contributed by atoms with Gasteiger partial charge in [0.1, 0.15) is 0 Å². The van der Waals surface area contributed by atoms with Crippen LogP contribution in [0.2, 0.25) is 5.02 Å². The van der Waals surface area contributed by atoms with Gasteiger partial charge >= 0.3 is 0 Å². The molecule has 0 aliphatic rings. The quantitative estimate of drug-likeness (QED) is 0.771. The summed E-state index contributed by atoms with van der Waals surface area (Å²) in [5, 5.41) is 3.03. The van der Waals surface area contributed by atoms with Gasteiger partial charge in [0.25, 0.3) is 5.91 Å². The van der Waals surface area contributed by atoms with E-state index in [2.05, 4.69) is 21.2 Å². The van der Waals surface area contributed by atoms with Crippen molar-refractivity contribution in [3.05, 3.63) is 27.7 Å². The number of terminal acetylenes is 1. The highest BCUT2D eigenvalue weighted by atomic mass is 79.9. The van der Waals surface area contributed by atoms with Gasteiger partial charge in [0, 0.05) is 9.50 Å². The van der Waals surface area contributed by atoms with Crippen molar-refractivity contribution in [2.75, 3.05) is 5.32 Å². The Morgan fingerprint density at radius 2 is 2.31 bits per heavy atom. The Morgan fingerprint density at radius 3 is 2.92 bits per heavy atom. The normalized spacial score (nSPS) is 9.00. The number of anilines is 1. The number of benzene rings is 1. The first-order valence-corrected chi connectivity index (χ1v) is 4.53. The van der Waals surface area contributed by atoms with Crippen molar-refractivity contribution in [3.63, 3.8) is 0 Å². The summed E-state index contributed by atoms with van der Waals surface area (Å²) in [5.74, 6) is 1.45. The number of carbonyl (C=O) groups excluding carboxylic acids is 1. The smallest absolute Gasteiger partial charge is 0.300 e. The molecule has 0 unspecified atom stereocenters. The van der Waals surface area contributed by atoms with Crippen molar-refractivity contribution in [2.24, 2.45) is 0 Å². The van der Waals surface area contributed by atoms with E-state index in [0.29, 0.717) is 10.7 Å². The molecule has 0 saturated heterocycles. The van der Waals surface area contributed by atoms with Crippen molar-refractivity contribution in [3.8, 4) is 12.3 Å². The molecular formula is C9H5BrClNO. The molecular weight excluding hydrogens is 253 g/mol. The van der Waals surface area contributed by atoms with Crippen LogP contribution in [0.3, 0.4) is 0 Å². The third kappa shape index (κ3) is 2.76. The predicted octanol–water partition coefficient (Wildman–Crippen LogP) is 2.67. The van der Waals surface area contributed by atoms with Gasteiger partial charge < -0.3 is 5.32 Å². The first kappa shape index (κ1) is 10.1. The van der Waals surface area contributed by atoms with Crippen LogP contribution in [0.1, 0.15) is 0 Å². The molecule has 1 amide bonds. The van der Waals surface area contributed by atoms with Gasteiger partial charge in [-0.2, -0.15) is 0 Å². The van der Waals surface area contributed by atoms with E-state index in [0.717, 1.165) is 4.47 Å². The lowest BCUT2D eigenvalue weighted by molar-refractivity contribution is -0.111. The molecule has 0 atom stereocenters. The standard InChI is InChI=1S/C9H5BrClNO/c1-2-9(13)12-8-5-6(11)3-4-7(8)10/h1,3-5H,(H,12,13). The Labute approximate surface area is 89.4 Å². The molecule has 0 aromatic heterocycles. The van der Waals surface area contributed by atoms with Gasteiger partial charge in [-0.05, 0) is 40.0 Å². The third-order valence-electron chi connectivity index (χ3n) is 1.31. The molecule has 13 heavy (non-hydrogen) atoms. The topological polar surface area (TPSA) is 29.1 Å². The van der Waals surface area contributed by atoms with Crippen LogP contribution in [0.25, 0.3) is 0 Å². The van der Waals surface area contributed by atoms with Gasteiger partial charge in [0.15, 0.2) is 0 Å². The molecule has 0 radical (unpaired) electrons. The van der Waals surface area contributed by atoms with Crippen LogP contribution in [0.4, 0.5) is 5.69 Å². The molecule has 0 spiro atoms. The van der Waals surface area contributed by atoms with Crippen molar-refractivity contribution in [1.82, 2.24) is 0 Å². The summed E-state index contributed by atoms with van der Waals surface area (Å²) in [6, 6.07) is 5.05. The van der Waals surface area contributed by atoms with E-state index in [4.69, 9.17) is 18.0 Å². The average molecular weight is 259 g/mol. The van der Waals surface area contributed by atoms with Gasteiger partial charge in [-0.1, -0.05) is 11.6 Å². The van der Waals surface area contributed by atoms with Gasteiger partial charge in [0.2, 0.25) is 0 Å². The molecule has 0 aliphatic carbocycles. The maximum Gasteiger partial charge on any atom is 0.300 e. The van der Waals surface area contributed by atoms with E-state index >= 15 is 0 Å². The number of amides is 1. The van der Waals surface area contributed by atoms with E-state index in [1.807, 2.05) is 5.92 Å². The van der Waals surface area contributed by atoms with Crippen LogP contribution >= 0.6 is 27.5 Å². The molecule has 0 aliphatic heterocycles. The zero-order valence-electron chi connectivity index (χ0n) is 6.47. The molecule has 0 saturated carbocycles. The number of carbonyl (C=O) groups is 1. The fraction of sp³-hybridized carbons (Fsp3) is 0. The summed E-state index contributed by atoms with van der Waals surface area (Å²) in [5.41, 5.74) is 0.565. The molecule has 2 nitrogen and oxygen atoms in total. The Balaban J connectivity index is 2.95. The number of rotatable bonds is 1. The molecule has 4 heteroatoms. The van der Waals surface area contributed by atoms with Crippen molar-refractivity contribution < 1.29 is 4.79 Å². The highest BCUT2D eigenvalue weighted by Crippen LogP contribution is 2.25. The molecule has 66 valence electrons. The molecule has 1 rings (SSSR count). The lowest BCUT2D eigenvalue weighted by atomic mass is 10.3. The Morgan fingerprint density at radius 1 is 1.62 bits per heavy atom. The second-order valence-corrected chi connectivity index (χ2v) is 3.51. The number of hydrogen-bond donors (Lipinski definition) is 1. The van der Waals surface area contributed by atoms with Crippen LogP contribution in [0.15, 0.2) is 22.7 Å². The second kappa shape index (κ2) is 4.31. The molecule has 0 heterocycles. The predicted molar refractivity (Wildman–Crippen MR) is 56.6 cm³/mol. The first-order chi connectivity index (χ1) is 6.13. The van der Waals surface area contributed by atoms with E-state index in [1.54, 1.807) is 18.2 Å². The minimum atomic E-state index is -0.497. The van der Waals surface area contributed by atoms with Crippen molar-refractivity contribution >= 4 is 39.1 Å². The maximum atomic E-state index is 10.8. The van der Waals surface area contributed by atoms with Crippen LogP contribution < -0.4 is 5.32 Å².